The van der Waals surface area contributed by atoms with Gasteiger partial charge in [0.1, 0.15) is 6.10 Å². The monoisotopic (exact) mass is 194 g/mol. The molecule has 0 aliphatic carbocycles. The number of hydrogen-bond acceptors (Lipinski definition) is 5. The molecule has 3 N–H and O–H groups in total. The van der Waals surface area contributed by atoms with E-state index >= 15 is 0 Å². The van der Waals surface area contributed by atoms with Crippen LogP contribution in [0.5, 0.6) is 0 Å². The zero-order chi connectivity index (χ0) is 9.94. The number of rotatable bonds is 9. The molecule has 0 saturated heterocycles. The summed E-state index contributed by atoms with van der Waals surface area (Å²) in [5.74, 6) is 0. The Bertz CT molecular complexity index is 88.5. The van der Waals surface area contributed by atoms with Crippen LogP contribution in [-0.4, -0.2) is 61.1 Å². The fraction of sp³-hybridized carbons (Fsp3) is 1.00. The first-order chi connectivity index (χ1) is 6.35. The molecule has 0 amide bonds. The van der Waals surface area contributed by atoms with Crippen molar-refractivity contribution in [3.05, 3.63) is 0 Å². The van der Waals surface area contributed by atoms with Crippen molar-refractivity contribution in [2.75, 3.05) is 39.6 Å². The molecule has 0 aromatic rings. The summed E-state index contributed by atoms with van der Waals surface area (Å²) >= 11 is 0. The third-order valence-corrected chi connectivity index (χ3v) is 1.40. The molecule has 0 saturated carbocycles. The molecule has 0 aliphatic heterocycles. The summed E-state index contributed by atoms with van der Waals surface area (Å²) in [5, 5.41) is 25.7. The van der Waals surface area contributed by atoms with E-state index in [1.54, 1.807) is 0 Å². The molecule has 0 radical (unpaired) electrons. The Kier molecular flexibility index (Phi) is 9.73. The van der Waals surface area contributed by atoms with Gasteiger partial charge in [0.05, 0.1) is 26.4 Å². The Morgan fingerprint density at radius 1 is 1.00 bits per heavy atom. The van der Waals surface area contributed by atoms with Gasteiger partial charge >= 0.3 is 0 Å². The standard InChI is InChI=1S/C8H18O5/c9-2-1-4-13-8(6-11)7-12-5-3-10/h8-11H,1-7H2. The Hall–Kier alpha value is -0.200. The van der Waals surface area contributed by atoms with Gasteiger partial charge in [-0.3, -0.25) is 0 Å². The van der Waals surface area contributed by atoms with Gasteiger partial charge in [0.15, 0.2) is 0 Å². The third kappa shape index (κ3) is 8.14. The van der Waals surface area contributed by atoms with Crippen molar-refractivity contribution in [2.45, 2.75) is 12.5 Å². The van der Waals surface area contributed by atoms with Crippen molar-refractivity contribution < 1.29 is 24.8 Å². The quantitative estimate of drug-likeness (QED) is 0.400. The smallest absolute Gasteiger partial charge is 0.104 e. The summed E-state index contributed by atoms with van der Waals surface area (Å²) in [6.07, 6.45) is 0.189. The van der Waals surface area contributed by atoms with Crippen molar-refractivity contribution in [1.29, 1.82) is 0 Å². The Morgan fingerprint density at radius 2 is 1.77 bits per heavy atom. The number of aliphatic hydroxyl groups excluding tert-OH is 3. The van der Waals surface area contributed by atoms with Crippen LogP contribution >= 0.6 is 0 Å². The second kappa shape index (κ2) is 9.88. The first-order valence-corrected chi connectivity index (χ1v) is 4.37. The normalized spacial score (nSPS) is 13.2. The topological polar surface area (TPSA) is 79.2 Å². The molecule has 0 heterocycles. The van der Waals surface area contributed by atoms with E-state index in [-0.39, 0.29) is 39.1 Å². The lowest BCUT2D eigenvalue weighted by molar-refractivity contribution is -0.0498. The minimum absolute atomic E-state index is 0.0329. The van der Waals surface area contributed by atoms with Crippen molar-refractivity contribution >= 4 is 0 Å². The molecular weight excluding hydrogens is 176 g/mol. The van der Waals surface area contributed by atoms with E-state index in [0.717, 1.165) is 0 Å². The second-order valence-corrected chi connectivity index (χ2v) is 2.55. The molecule has 0 aromatic carbocycles. The Labute approximate surface area is 77.9 Å². The SMILES string of the molecule is OCCCOC(CO)COCCO. The van der Waals surface area contributed by atoms with Gasteiger partial charge in [-0.1, -0.05) is 0 Å². The molecule has 80 valence electrons. The van der Waals surface area contributed by atoms with E-state index < -0.39 is 0 Å². The van der Waals surface area contributed by atoms with Gasteiger partial charge in [0.25, 0.3) is 0 Å². The highest BCUT2D eigenvalue weighted by molar-refractivity contribution is 4.53. The van der Waals surface area contributed by atoms with Crippen LogP contribution in [-0.2, 0) is 9.47 Å². The lowest BCUT2D eigenvalue weighted by Crippen LogP contribution is -2.25. The van der Waals surface area contributed by atoms with Gasteiger partial charge in [-0.15, -0.1) is 0 Å². The average molecular weight is 194 g/mol. The minimum atomic E-state index is -0.363. The molecule has 1 unspecified atom stereocenters. The van der Waals surface area contributed by atoms with Gasteiger partial charge in [0.2, 0.25) is 0 Å². The van der Waals surface area contributed by atoms with Crippen LogP contribution < -0.4 is 0 Å². The molecule has 0 spiro atoms. The fourth-order valence-corrected chi connectivity index (χ4v) is 0.747. The molecule has 0 rings (SSSR count). The summed E-state index contributed by atoms with van der Waals surface area (Å²) < 4.78 is 10.1. The molecule has 0 bridgehead atoms. The lowest BCUT2D eigenvalue weighted by atomic mass is 10.4. The maximum Gasteiger partial charge on any atom is 0.104 e. The van der Waals surface area contributed by atoms with Crippen LogP contribution in [0, 0.1) is 0 Å². The van der Waals surface area contributed by atoms with Crippen molar-refractivity contribution in [3.8, 4) is 0 Å². The van der Waals surface area contributed by atoms with Crippen LogP contribution in [0.25, 0.3) is 0 Å². The van der Waals surface area contributed by atoms with Gasteiger partial charge in [-0.2, -0.15) is 0 Å². The average Bonchev–Trinajstić information content (AvgIpc) is 2.16. The van der Waals surface area contributed by atoms with Crippen molar-refractivity contribution in [2.24, 2.45) is 0 Å². The van der Waals surface area contributed by atoms with Crippen molar-refractivity contribution in [3.63, 3.8) is 0 Å². The fourth-order valence-electron chi connectivity index (χ4n) is 0.747. The van der Waals surface area contributed by atoms with Gasteiger partial charge in [0, 0.05) is 13.2 Å². The maximum absolute atomic E-state index is 8.79. The molecule has 5 nitrogen and oxygen atoms in total. The van der Waals surface area contributed by atoms with Gasteiger partial charge in [-0.05, 0) is 6.42 Å². The zero-order valence-electron chi connectivity index (χ0n) is 7.69. The first kappa shape index (κ1) is 12.8. The van der Waals surface area contributed by atoms with Crippen LogP contribution in [0.4, 0.5) is 0 Å². The van der Waals surface area contributed by atoms with E-state index in [1.807, 2.05) is 0 Å². The van der Waals surface area contributed by atoms with E-state index in [4.69, 9.17) is 24.8 Å². The first-order valence-electron chi connectivity index (χ1n) is 4.37. The van der Waals surface area contributed by atoms with Crippen LogP contribution in [0.15, 0.2) is 0 Å². The third-order valence-electron chi connectivity index (χ3n) is 1.40. The number of ether oxygens (including phenoxy) is 2. The van der Waals surface area contributed by atoms with Crippen molar-refractivity contribution in [1.82, 2.24) is 0 Å². The summed E-state index contributed by atoms with van der Waals surface area (Å²) in [6.45, 7) is 0.855. The van der Waals surface area contributed by atoms with E-state index in [0.29, 0.717) is 13.0 Å². The molecule has 0 aromatic heterocycles. The number of aliphatic hydroxyl groups is 3. The highest BCUT2D eigenvalue weighted by Crippen LogP contribution is 1.94. The molecule has 5 heteroatoms. The molecule has 0 fully saturated rings. The summed E-state index contributed by atoms with van der Waals surface area (Å²) in [6, 6.07) is 0. The molecule has 0 aliphatic rings. The van der Waals surface area contributed by atoms with E-state index in [9.17, 15) is 0 Å². The summed E-state index contributed by atoms with van der Waals surface area (Å²) in [4.78, 5) is 0. The molecule has 1 atom stereocenters. The number of hydrogen-bond donors (Lipinski definition) is 3. The largest absolute Gasteiger partial charge is 0.396 e. The van der Waals surface area contributed by atoms with Gasteiger partial charge in [-0.25, -0.2) is 0 Å². The second-order valence-electron chi connectivity index (χ2n) is 2.55. The predicted molar refractivity (Wildman–Crippen MR) is 46.4 cm³/mol. The van der Waals surface area contributed by atoms with Crippen LogP contribution in [0.3, 0.4) is 0 Å². The van der Waals surface area contributed by atoms with Crippen LogP contribution in [0.2, 0.25) is 0 Å². The minimum Gasteiger partial charge on any atom is -0.396 e. The predicted octanol–water partition coefficient (Wildman–Crippen LogP) is -1.24. The molecular formula is C8H18O5. The Morgan fingerprint density at radius 3 is 2.31 bits per heavy atom. The Balaban J connectivity index is 3.28. The van der Waals surface area contributed by atoms with E-state index in [1.165, 1.54) is 0 Å². The van der Waals surface area contributed by atoms with Gasteiger partial charge < -0.3 is 24.8 Å². The summed E-state index contributed by atoms with van der Waals surface area (Å²) in [5.41, 5.74) is 0. The van der Waals surface area contributed by atoms with Crippen LogP contribution in [0.1, 0.15) is 6.42 Å². The zero-order valence-corrected chi connectivity index (χ0v) is 7.69. The maximum atomic E-state index is 8.79. The molecule has 13 heavy (non-hydrogen) atoms. The lowest BCUT2D eigenvalue weighted by Gasteiger charge is -2.14. The summed E-state index contributed by atoms with van der Waals surface area (Å²) in [7, 11) is 0. The van der Waals surface area contributed by atoms with E-state index in [2.05, 4.69) is 0 Å². The highest BCUT2D eigenvalue weighted by Gasteiger charge is 2.06. The highest BCUT2D eigenvalue weighted by atomic mass is 16.5.